The Balaban J connectivity index is 1.75. The lowest BCUT2D eigenvalue weighted by atomic mass is 9.81. The van der Waals surface area contributed by atoms with Gasteiger partial charge in [-0.05, 0) is 25.0 Å². The number of imide groups is 1. The van der Waals surface area contributed by atoms with Crippen LogP contribution in [-0.4, -0.2) is 61.0 Å². The molecule has 1 aromatic carbocycles. The number of carbonyl (C=O) groups is 3. The van der Waals surface area contributed by atoms with Crippen molar-refractivity contribution in [3.63, 3.8) is 0 Å². The van der Waals surface area contributed by atoms with Gasteiger partial charge in [0.25, 0.3) is 5.91 Å². The number of nitrogens with one attached hydrogen (secondary N) is 1. The molecule has 146 valence electrons. The zero-order valence-corrected chi connectivity index (χ0v) is 15.9. The largest absolute Gasteiger partial charge is 0.497 e. The van der Waals surface area contributed by atoms with Gasteiger partial charge in [-0.3, -0.25) is 14.5 Å². The van der Waals surface area contributed by atoms with E-state index in [1.165, 1.54) is 19.1 Å². The van der Waals surface area contributed by atoms with Gasteiger partial charge in [-0.15, -0.1) is 0 Å². The molecule has 27 heavy (non-hydrogen) atoms. The summed E-state index contributed by atoms with van der Waals surface area (Å²) in [6.07, 6.45) is 4.17. The van der Waals surface area contributed by atoms with E-state index in [9.17, 15) is 14.4 Å². The minimum absolute atomic E-state index is 0.276. The minimum atomic E-state index is -0.788. The molecule has 0 atom stereocenters. The maximum atomic E-state index is 13.0. The molecular formula is C19H25N3O5. The van der Waals surface area contributed by atoms with Gasteiger partial charge >= 0.3 is 6.03 Å². The molecule has 2 aliphatic rings. The van der Waals surface area contributed by atoms with E-state index in [-0.39, 0.29) is 12.5 Å². The second-order valence-corrected chi connectivity index (χ2v) is 6.94. The molecule has 0 radical (unpaired) electrons. The minimum Gasteiger partial charge on any atom is -0.497 e. The van der Waals surface area contributed by atoms with Gasteiger partial charge in [0.05, 0.1) is 19.9 Å². The monoisotopic (exact) mass is 375 g/mol. The zero-order chi connectivity index (χ0) is 19.6. The molecule has 1 aliphatic heterocycles. The quantitative estimate of drug-likeness (QED) is 0.798. The number of hydrogen-bond acceptors (Lipinski definition) is 5. The van der Waals surface area contributed by atoms with Crippen molar-refractivity contribution in [2.45, 2.75) is 37.6 Å². The molecule has 1 saturated carbocycles. The first-order valence-electron chi connectivity index (χ1n) is 9.04. The molecule has 0 bridgehead atoms. The Hall–Kier alpha value is -2.77. The Kier molecular flexibility index (Phi) is 5.25. The number of likely N-dealkylation sites (N-methyl/N-ethyl adjacent to an activating group) is 1. The third-order valence-electron chi connectivity index (χ3n) is 5.47. The van der Waals surface area contributed by atoms with E-state index >= 15 is 0 Å². The lowest BCUT2D eigenvalue weighted by Gasteiger charge is -2.35. The molecule has 4 amide bonds. The SMILES string of the molecule is COc1ccc(OC)c(NC(=O)CN2C(=O)N(C)C3(CCCCC3)C2=O)c1. The number of rotatable bonds is 5. The van der Waals surface area contributed by atoms with Crippen LogP contribution in [-0.2, 0) is 9.59 Å². The topological polar surface area (TPSA) is 88.2 Å². The number of amides is 4. The van der Waals surface area contributed by atoms with Gasteiger partial charge in [0, 0.05) is 13.1 Å². The fourth-order valence-corrected chi connectivity index (χ4v) is 3.92. The van der Waals surface area contributed by atoms with Crippen LogP contribution in [0.4, 0.5) is 10.5 Å². The number of ether oxygens (including phenoxy) is 2. The molecule has 8 nitrogen and oxygen atoms in total. The Morgan fingerprint density at radius 1 is 1.15 bits per heavy atom. The Morgan fingerprint density at radius 3 is 2.48 bits per heavy atom. The lowest BCUT2D eigenvalue weighted by Crippen LogP contribution is -2.49. The zero-order valence-electron chi connectivity index (χ0n) is 15.9. The van der Waals surface area contributed by atoms with Gasteiger partial charge in [-0.1, -0.05) is 19.3 Å². The van der Waals surface area contributed by atoms with Gasteiger partial charge in [0.2, 0.25) is 5.91 Å². The molecular weight excluding hydrogens is 350 g/mol. The van der Waals surface area contributed by atoms with E-state index in [1.54, 1.807) is 25.2 Å². The van der Waals surface area contributed by atoms with E-state index in [1.807, 2.05) is 0 Å². The van der Waals surface area contributed by atoms with Crippen molar-refractivity contribution < 1.29 is 23.9 Å². The van der Waals surface area contributed by atoms with Crippen LogP contribution in [0.5, 0.6) is 11.5 Å². The molecule has 2 fully saturated rings. The summed E-state index contributed by atoms with van der Waals surface area (Å²) in [6, 6.07) is 4.59. The van der Waals surface area contributed by atoms with Crippen LogP contribution < -0.4 is 14.8 Å². The molecule has 1 spiro atoms. The molecule has 3 rings (SSSR count). The van der Waals surface area contributed by atoms with E-state index < -0.39 is 17.5 Å². The molecule has 1 aliphatic carbocycles. The number of nitrogens with zero attached hydrogens (tertiary/aromatic N) is 2. The number of hydrogen-bond donors (Lipinski definition) is 1. The highest BCUT2D eigenvalue weighted by Crippen LogP contribution is 2.39. The van der Waals surface area contributed by atoms with Crippen LogP contribution >= 0.6 is 0 Å². The van der Waals surface area contributed by atoms with E-state index in [4.69, 9.17) is 9.47 Å². The lowest BCUT2D eigenvalue weighted by molar-refractivity contribution is -0.136. The summed E-state index contributed by atoms with van der Waals surface area (Å²) < 4.78 is 10.4. The van der Waals surface area contributed by atoms with Gasteiger partial charge < -0.3 is 19.7 Å². The van der Waals surface area contributed by atoms with E-state index in [2.05, 4.69) is 5.32 Å². The maximum Gasteiger partial charge on any atom is 0.327 e. The standard InChI is InChI=1S/C19H25N3O5/c1-21-18(25)22(17(24)19(21)9-5-4-6-10-19)12-16(23)20-14-11-13(26-2)7-8-15(14)27-3/h7-8,11H,4-6,9-10,12H2,1-3H3,(H,20,23). The first-order valence-corrected chi connectivity index (χ1v) is 9.04. The summed E-state index contributed by atoms with van der Waals surface area (Å²) in [5, 5.41) is 2.70. The van der Waals surface area contributed by atoms with E-state index in [0.29, 0.717) is 30.0 Å². The number of anilines is 1. The first kappa shape index (κ1) is 19.0. The van der Waals surface area contributed by atoms with Gasteiger partial charge in [0.1, 0.15) is 23.6 Å². The molecule has 0 aromatic heterocycles. The van der Waals surface area contributed by atoms with Crippen molar-refractivity contribution in [2.75, 3.05) is 33.1 Å². The third kappa shape index (κ3) is 3.31. The van der Waals surface area contributed by atoms with Crippen LogP contribution in [0, 0.1) is 0 Å². The van der Waals surface area contributed by atoms with Crippen LogP contribution in [0.1, 0.15) is 32.1 Å². The Morgan fingerprint density at radius 2 is 1.85 bits per heavy atom. The second kappa shape index (κ2) is 7.46. The average Bonchev–Trinajstić information content (AvgIpc) is 2.85. The average molecular weight is 375 g/mol. The Bertz CT molecular complexity index is 758. The predicted octanol–water partition coefficient (Wildman–Crippen LogP) is 2.24. The van der Waals surface area contributed by atoms with Crippen LogP contribution in [0.25, 0.3) is 0 Å². The van der Waals surface area contributed by atoms with Gasteiger partial charge in [-0.25, -0.2) is 4.79 Å². The number of carbonyl (C=O) groups excluding carboxylic acids is 3. The number of methoxy groups -OCH3 is 2. The molecule has 1 heterocycles. The maximum absolute atomic E-state index is 13.0. The van der Waals surface area contributed by atoms with Crippen molar-refractivity contribution in [1.29, 1.82) is 0 Å². The molecule has 1 saturated heterocycles. The van der Waals surface area contributed by atoms with Crippen LogP contribution in [0.3, 0.4) is 0 Å². The van der Waals surface area contributed by atoms with Crippen molar-refractivity contribution >= 4 is 23.5 Å². The highest BCUT2D eigenvalue weighted by molar-refractivity contribution is 6.10. The first-order chi connectivity index (χ1) is 12.9. The highest BCUT2D eigenvalue weighted by atomic mass is 16.5. The molecule has 1 aromatic rings. The summed E-state index contributed by atoms with van der Waals surface area (Å²) in [7, 11) is 4.66. The van der Waals surface area contributed by atoms with Crippen molar-refractivity contribution in [3.05, 3.63) is 18.2 Å². The predicted molar refractivity (Wildman–Crippen MR) is 98.9 cm³/mol. The molecule has 0 unspecified atom stereocenters. The number of benzene rings is 1. The second-order valence-electron chi connectivity index (χ2n) is 6.94. The van der Waals surface area contributed by atoms with Gasteiger partial charge in [-0.2, -0.15) is 0 Å². The Labute approximate surface area is 158 Å². The fraction of sp³-hybridized carbons (Fsp3) is 0.526. The third-order valence-corrected chi connectivity index (χ3v) is 5.47. The van der Waals surface area contributed by atoms with Crippen molar-refractivity contribution in [2.24, 2.45) is 0 Å². The summed E-state index contributed by atoms with van der Waals surface area (Å²) in [4.78, 5) is 40.7. The summed E-state index contributed by atoms with van der Waals surface area (Å²) >= 11 is 0. The number of urea groups is 1. The van der Waals surface area contributed by atoms with E-state index in [0.717, 1.165) is 24.2 Å². The fourth-order valence-electron chi connectivity index (χ4n) is 3.92. The summed E-state index contributed by atoms with van der Waals surface area (Å²) in [6.45, 7) is -0.329. The van der Waals surface area contributed by atoms with Crippen LogP contribution in [0.2, 0.25) is 0 Å². The summed E-state index contributed by atoms with van der Waals surface area (Å²) in [5.74, 6) is 0.274. The van der Waals surface area contributed by atoms with Crippen molar-refractivity contribution in [3.8, 4) is 11.5 Å². The molecule has 1 N–H and O–H groups in total. The van der Waals surface area contributed by atoms with Gasteiger partial charge in [0.15, 0.2) is 0 Å². The van der Waals surface area contributed by atoms with Crippen LogP contribution in [0.15, 0.2) is 18.2 Å². The smallest absolute Gasteiger partial charge is 0.327 e. The highest BCUT2D eigenvalue weighted by Gasteiger charge is 2.55. The summed E-state index contributed by atoms with van der Waals surface area (Å²) in [5.41, 5.74) is -0.370. The van der Waals surface area contributed by atoms with Crippen molar-refractivity contribution in [1.82, 2.24) is 9.80 Å². The molecule has 8 heteroatoms. The normalized spacial score (nSPS) is 18.8.